The molecule has 4 nitrogen and oxygen atoms in total. The second kappa shape index (κ2) is 7.37. The summed E-state index contributed by atoms with van der Waals surface area (Å²) in [5.74, 6) is 3.14. The molecule has 1 heterocycles. The molecule has 0 atom stereocenters. The number of halogens is 2. The fourth-order valence-corrected chi connectivity index (χ4v) is 2.97. The van der Waals surface area contributed by atoms with Crippen LogP contribution in [0, 0.1) is 33.1 Å². The summed E-state index contributed by atoms with van der Waals surface area (Å²) in [5, 5.41) is 9.46. The lowest BCUT2D eigenvalue weighted by Gasteiger charge is -2.06. The van der Waals surface area contributed by atoms with Gasteiger partial charge in [0.1, 0.15) is 30.1 Å². The van der Waals surface area contributed by atoms with E-state index < -0.39 is 0 Å². The summed E-state index contributed by atoms with van der Waals surface area (Å²) < 4.78 is 19.6. The van der Waals surface area contributed by atoms with Crippen LogP contribution in [0.1, 0.15) is 11.4 Å². The van der Waals surface area contributed by atoms with Crippen molar-refractivity contribution in [3.8, 4) is 24.2 Å². The predicted molar refractivity (Wildman–Crippen MR) is 103 cm³/mol. The SMILES string of the molecule is C#CCOc1ccc(/C=C(/C#N)c2nc3ccc(F)cc3[nH]2)cc1I. The molecule has 25 heavy (non-hydrogen) atoms. The van der Waals surface area contributed by atoms with E-state index >= 15 is 0 Å². The fourth-order valence-electron chi connectivity index (χ4n) is 2.27. The van der Waals surface area contributed by atoms with Gasteiger partial charge in [-0.3, -0.25) is 0 Å². The minimum absolute atomic E-state index is 0.199. The van der Waals surface area contributed by atoms with Crippen LogP contribution < -0.4 is 4.74 Å². The lowest BCUT2D eigenvalue weighted by atomic mass is 10.1. The number of aromatic amines is 1. The van der Waals surface area contributed by atoms with E-state index in [-0.39, 0.29) is 12.4 Å². The number of nitriles is 1. The Morgan fingerprint density at radius 3 is 2.92 bits per heavy atom. The number of aromatic nitrogens is 2. The first-order valence-corrected chi connectivity index (χ1v) is 8.32. The number of rotatable bonds is 4. The Balaban J connectivity index is 1.95. The van der Waals surface area contributed by atoms with Gasteiger partial charge in [-0.05, 0) is 64.6 Å². The summed E-state index contributed by atoms with van der Waals surface area (Å²) in [6, 6.07) is 11.9. The van der Waals surface area contributed by atoms with Crippen molar-refractivity contribution < 1.29 is 9.13 Å². The van der Waals surface area contributed by atoms with Crippen LogP contribution in [-0.4, -0.2) is 16.6 Å². The molecular weight excluding hydrogens is 432 g/mol. The molecule has 0 saturated heterocycles. The van der Waals surface area contributed by atoms with Crippen LogP contribution >= 0.6 is 22.6 Å². The van der Waals surface area contributed by atoms with E-state index in [0.29, 0.717) is 28.2 Å². The van der Waals surface area contributed by atoms with E-state index in [1.54, 1.807) is 18.2 Å². The number of fused-ring (bicyclic) bond motifs is 1. The van der Waals surface area contributed by atoms with E-state index in [2.05, 4.69) is 44.5 Å². The number of allylic oxidation sites excluding steroid dienone is 1. The van der Waals surface area contributed by atoms with Gasteiger partial charge in [-0.25, -0.2) is 9.37 Å². The van der Waals surface area contributed by atoms with Crippen molar-refractivity contribution >= 4 is 45.3 Å². The first-order valence-electron chi connectivity index (χ1n) is 7.24. The number of terminal acetylenes is 1. The molecule has 0 amide bonds. The van der Waals surface area contributed by atoms with Crippen LogP contribution in [0.4, 0.5) is 4.39 Å². The number of ether oxygens (including phenoxy) is 1. The molecule has 3 rings (SSSR count). The van der Waals surface area contributed by atoms with Crippen molar-refractivity contribution in [2.24, 2.45) is 0 Å². The molecule has 122 valence electrons. The average Bonchev–Trinajstić information content (AvgIpc) is 3.01. The third-order valence-electron chi connectivity index (χ3n) is 3.40. The lowest BCUT2D eigenvalue weighted by Crippen LogP contribution is -1.95. The number of imidazole rings is 1. The highest BCUT2D eigenvalue weighted by atomic mass is 127. The Bertz CT molecular complexity index is 1060. The molecule has 0 fully saturated rings. The van der Waals surface area contributed by atoms with Crippen LogP contribution in [0.2, 0.25) is 0 Å². The number of nitrogens with zero attached hydrogens (tertiary/aromatic N) is 2. The predicted octanol–water partition coefficient (Wildman–Crippen LogP) is 4.38. The van der Waals surface area contributed by atoms with Crippen molar-refractivity contribution in [2.75, 3.05) is 6.61 Å². The maximum atomic E-state index is 13.3. The highest BCUT2D eigenvalue weighted by Gasteiger charge is 2.09. The van der Waals surface area contributed by atoms with Gasteiger partial charge >= 0.3 is 0 Å². The van der Waals surface area contributed by atoms with Crippen molar-refractivity contribution in [3.05, 3.63) is 57.2 Å². The maximum absolute atomic E-state index is 13.3. The third-order valence-corrected chi connectivity index (χ3v) is 4.24. The smallest absolute Gasteiger partial charge is 0.149 e. The number of hydrogen-bond acceptors (Lipinski definition) is 3. The van der Waals surface area contributed by atoms with Gasteiger partial charge in [0.05, 0.1) is 20.2 Å². The van der Waals surface area contributed by atoms with Crippen LogP contribution in [0.3, 0.4) is 0 Å². The van der Waals surface area contributed by atoms with E-state index in [1.165, 1.54) is 12.1 Å². The Hall–Kier alpha value is -2.84. The van der Waals surface area contributed by atoms with Gasteiger partial charge in [-0.15, -0.1) is 6.42 Å². The minimum atomic E-state index is -0.359. The fraction of sp³-hybridized carbons (Fsp3) is 0.0526. The molecule has 1 aromatic heterocycles. The Morgan fingerprint density at radius 2 is 2.20 bits per heavy atom. The quantitative estimate of drug-likeness (QED) is 0.370. The van der Waals surface area contributed by atoms with E-state index in [1.807, 2.05) is 12.1 Å². The maximum Gasteiger partial charge on any atom is 0.149 e. The van der Waals surface area contributed by atoms with Crippen LogP contribution in [0.15, 0.2) is 36.4 Å². The van der Waals surface area contributed by atoms with Gasteiger partial charge < -0.3 is 9.72 Å². The molecule has 6 heteroatoms. The van der Waals surface area contributed by atoms with Crippen LogP contribution in [0.25, 0.3) is 22.7 Å². The van der Waals surface area contributed by atoms with Crippen molar-refractivity contribution in [1.82, 2.24) is 9.97 Å². The van der Waals surface area contributed by atoms with Gasteiger partial charge in [-0.1, -0.05) is 12.0 Å². The summed E-state index contributed by atoms with van der Waals surface area (Å²) in [6.45, 7) is 0.199. The third kappa shape index (κ3) is 3.81. The van der Waals surface area contributed by atoms with Crippen molar-refractivity contribution in [2.45, 2.75) is 0 Å². The van der Waals surface area contributed by atoms with Gasteiger partial charge in [0.15, 0.2) is 0 Å². The molecule has 0 aliphatic heterocycles. The van der Waals surface area contributed by atoms with Crippen LogP contribution in [0.5, 0.6) is 5.75 Å². The largest absolute Gasteiger partial charge is 0.480 e. The normalized spacial score (nSPS) is 11.1. The lowest BCUT2D eigenvalue weighted by molar-refractivity contribution is 0.368. The zero-order valence-corrected chi connectivity index (χ0v) is 15.0. The van der Waals surface area contributed by atoms with Crippen LogP contribution in [-0.2, 0) is 0 Å². The number of hydrogen-bond donors (Lipinski definition) is 1. The zero-order chi connectivity index (χ0) is 17.8. The summed E-state index contributed by atoms with van der Waals surface area (Å²) in [6.07, 6.45) is 6.90. The summed E-state index contributed by atoms with van der Waals surface area (Å²) in [7, 11) is 0. The Kier molecular flexibility index (Phi) is 5.01. The van der Waals surface area contributed by atoms with E-state index in [9.17, 15) is 9.65 Å². The van der Waals surface area contributed by atoms with E-state index in [0.717, 1.165) is 9.13 Å². The highest BCUT2D eigenvalue weighted by molar-refractivity contribution is 14.1. The van der Waals surface area contributed by atoms with Gasteiger partial charge in [0.25, 0.3) is 0 Å². The molecule has 1 N–H and O–H groups in total. The summed E-state index contributed by atoms with van der Waals surface area (Å²) in [5.41, 5.74) is 2.32. The monoisotopic (exact) mass is 443 g/mol. The molecule has 0 bridgehead atoms. The first kappa shape index (κ1) is 17.0. The van der Waals surface area contributed by atoms with Crippen molar-refractivity contribution in [3.63, 3.8) is 0 Å². The summed E-state index contributed by atoms with van der Waals surface area (Å²) in [4.78, 5) is 7.31. The molecule has 0 radical (unpaired) electrons. The Labute approximate surface area is 157 Å². The average molecular weight is 443 g/mol. The Morgan fingerprint density at radius 1 is 1.36 bits per heavy atom. The topological polar surface area (TPSA) is 61.7 Å². The number of benzene rings is 2. The van der Waals surface area contributed by atoms with E-state index in [4.69, 9.17) is 11.2 Å². The second-order valence-corrected chi connectivity index (χ2v) is 6.26. The summed E-state index contributed by atoms with van der Waals surface area (Å²) >= 11 is 2.14. The second-order valence-electron chi connectivity index (χ2n) is 5.10. The van der Waals surface area contributed by atoms with Gasteiger partial charge in [0.2, 0.25) is 0 Å². The zero-order valence-electron chi connectivity index (χ0n) is 12.9. The molecule has 0 aliphatic carbocycles. The van der Waals surface area contributed by atoms with Gasteiger partial charge in [0, 0.05) is 0 Å². The number of nitrogens with one attached hydrogen (secondary N) is 1. The molecular formula is C19H11FIN3O. The first-order chi connectivity index (χ1) is 12.1. The highest BCUT2D eigenvalue weighted by Crippen LogP contribution is 2.25. The molecule has 3 aromatic rings. The molecule has 0 unspecified atom stereocenters. The standard InChI is InChI=1S/C19H11FIN3O/c1-2-7-25-18-6-3-12(9-15(18)21)8-13(11-22)19-23-16-5-4-14(20)10-17(16)24-19/h1,3-6,8-10H,7H2,(H,23,24)/b13-8-. The molecule has 0 saturated carbocycles. The molecule has 0 spiro atoms. The molecule has 2 aromatic carbocycles. The molecule has 0 aliphatic rings. The minimum Gasteiger partial charge on any atom is -0.480 e. The van der Waals surface area contributed by atoms with Crippen molar-refractivity contribution in [1.29, 1.82) is 5.26 Å². The van der Waals surface area contributed by atoms with Gasteiger partial charge in [-0.2, -0.15) is 5.26 Å². The number of H-pyrrole nitrogens is 1.